The van der Waals surface area contributed by atoms with Crippen LogP contribution >= 0.6 is 27.3 Å². The maximum atomic E-state index is 10.8. The second kappa shape index (κ2) is 5.49. The van der Waals surface area contributed by atoms with Gasteiger partial charge in [0.2, 0.25) is 0 Å². The molecule has 0 unspecified atom stereocenters. The summed E-state index contributed by atoms with van der Waals surface area (Å²) in [4.78, 5) is 17.1. The maximum Gasteiger partial charge on any atom is 0.347 e. The van der Waals surface area contributed by atoms with E-state index in [1.165, 1.54) is 17.5 Å². The van der Waals surface area contributed by atoms with Gasteiger partial charge in [0.1, 0.15) is 4.88 Å². The van der Waals surface area contributed by atoms with E-state index in [9.17, 15) is 4.79 Å². The van der Waals surface area contributed by atoms with Gasteiger partial charge in [-0.1, -0.05) is 39.4 Å². The standard InChI is InChI=1S/C12H11BrN2O2S/c1-15(7-8-2-4-9(13)5-3-8)12-14-6-10(18-12)11(16)17/h2-6H,7H2,1H3,(H,16,17). The Bertz CT molecular complexity index is 553. The first-order valence-corrected chi connectivity index (χ1v) is 6.82. The van der Waals surface area contributed by atoms with Gasteiger partial charge in [-0.05, 0) is 17.7 Å². The number of carboxylic acid groups (broad SMARTS) is 1. The van der Waals surface area contributed by atoms with Crippen LogP contribution in [0.25, 0.3) is 0 Å². The van der Waals surface area contributed by atoms with Crippen LogP contribution in [0.2, 0.25) is 0 Å². The highest BCUT2D eigenvalue weighted by atomic mass is 79.9. The second-order valence-corrected chi connectivity index (χ2v) is 5.72. The third kappa shape index (κ3) is 3.08. The monoisotopic (exact) mass is 326 g/mol. The summed E-state index contributed by atoms with van der Waals surface area (Å²) in [5.41, 5.74) is 1.15. The fourth-order valence-corrected chi connectivity index (χ4v) is 2.45. The van der Waals surface area contributed by atoms with Crippen LogP contribution in [0.4, 0.5) is 5.13 Å². The zero-order valence-corrected chi connectivity index (χ0v) is 12.0. The molecule has 94 valence electrons. The number of hydrogen-bond acceptors (Lipinski definition) is 4. The fourth-order valence-electron chi connectivity index (χ4n) is 1.47. The SMILES string of the molecule is CN(Cc1ccc(Br)cc1)c1ncc(C(=O)O)s1. The highest BCUT2D eigenvalue weighted by Gasteiger charge is 2.11. The lowest BCUT2D eigenvalue weighted by molar-refractivity contribution is 0.0702. The van der Waals surface area contributed by atoms with Gasteiger partial charge in [-0.2, -0.15) is 0 Å². The molecular weight excluding hydrogens is 316 g/mol. The van der Waals surface area contributed by atoms with Crippen molar-refractivity contribution in [3.05, 3.63) is 45.4 Å². The number of anilines is 1. The number of nitrogens with zero attached hydrogens (tertiary/aromatic N) is 2. The predicted molar refractivity (Wildman–Crippen MR) is 75.3 cm³/mol. The Morgan fingerprint density at radius 1 is 1.44 bits per heavy atom. The average Bonchev–Trinajstić information content (AvgIpc) is 2.81. The number of carboxylic acids is 1. The molecule has 18 heavy (non-hydrogen) atoms. The first-order valence-electron chi connectivity index (χ1n) is 5.21. The molecule has 0 bridgehead atoms. The number of aromatic nitrogens is 1. The number of rotatable bonds is 4. The van der Waals surface area contributed by atoms with E-state index in [4.69, 9.17) is 5.11 Å². The molecule has 0 aliphatic carbocycles. The van der Waals surface area contributed by atoms with Crippen LogP contribution in [0.5, 0.6) is 0 Å². The van der Waals surface area contributed by atoms with E-state index in [1.807, 2.05) is 36.2 Å². The van der Waals surface area contributed by atoms with Crippen molar-refractivity contribution in [3.63, 3.8) is 0 Å². The van der Waals surface area contributed by atoms with Crippen molar-refractivity contribution in [1.82, 2.24) is 4.98 Å². The van der Waals surface area contributed by atoms with Crippen LogP contribution in [0, 0.1) is 0 Å². The molecule has 0 spiro atoms. The molecule has 0 aliphatic rings. The van der Waals surface area contributed by atoms with Crippen LogP contribution in [0.3, 0.4) is 0 Å². The topological polar surface area (TPSA) is 53.4 Å². The lowest BCUT2D eigenvalue weighted by Crippen LogP contribution is -2.15. The van der Waals surface area contributed by atoms with Gasteiger partial charge >= 0.3 is 5.97 Å². The Hall–Kier alpha value is -1.40. The van der Waals surface area contributed by atoms with Crippen molar-refractivity contribution >= 4 is 38.4 Å². The van der Waals surface area contributed by atoms with Gasteiger partial charge in [-0.25, -0.2) is 9.78 Å². The van der Waals surface area contributed by atoms with E-state index in [1.54, 1.807) is 0 Å². The van der Waals surface area contributed by atoms with E-state index >= 15 is 0 Å². The number of carbonyl (C=O) groups is 1. The van der Waals surface area contributed by atoms with Crippen molar-refractivity contribution in [2.45, 2.75) is 6.54 Å². The molecule has 0 fully saturated rings. The Kier molecular flexibility index (Phi) is 3.98. The Balaban J connectivity index is 2.09. The number of benzene rings is 1. The highest BCUT2D eigenvalue weighted by Crippen LogP contribution is 2.23. The van der Waals surface area contributed by atoms with Gasteiger partial charge in [-0.3, -0.25) is 0 Å². The molecule has 6 heteroatoms. The number of aromatic carboxylic acids is 1. The Morgan fingerprint density at radius 2 is 2.11 bits per heavy atom. The minimum atomic E-state index is -0.934. The second-order valence-electron chi connectivity index (χ2n) is 3.79. The van der Waals surface area contributed by atoms with Gasteiger partial charge in [0.05, 0.1) is 6.20 Å². The quantitative estimate of drug-likeness (QED) is 0.937. The summed E-state index contributed by atoms with van der Waals surface area (Å²) >= 11 is 4.56. The summed E-state index contributed by atoms with van der Waals surface area (Å²) in [7, 11) is 1.90. The Morgan fingerprint density at radius 3 is 2.67 bits per heavy atom. The largest absolute Gasteiger partial charge is 0.477 e. The zero-order chi connectivity index (χ0) is 13.1. The van der Waals surface area contributed by atoms with Gasteiger partial charge in [0, 0.05) is 18.1 Å². The molecule has 1 heterocycles. The lowest BCUT2D eigenvalue weighted by Gasteiger charge is -2.15. The van der Waals surface area contributed by atoms with Crippen LogP contribution in [0.15, 0.2) is 34.9 Å². The molecular formula is C12H11BrN2O2S. The molecule has 0 atom stereocenters. The van der Waals surface area contributed by atoms with Crippen LogP contribution in [-0.4, -0.2) is 23.1 Å². The van der Waals surface area contributed by atoms with Crippen LogP contribution in [0.1, 0.15) is 15.2 Å². The minimum Gasteiger partial charge on any atom is -0.477 e. The van der Waals surface area contributed by atoms with Crippen molar-refractivity contribution in [3.8, 4) is 0 Å². The first-order chi connectivity index (χ1) is 8.56. The molecule has 0 amide bonds. The fraction of sp³-hybridized carbons (Fsp3) is 0.167. The van der Waals surface area contributed by atoms with Crippen molar-refractivity contribution < 1.29 is 9.90 Å². The molecule has 4 nitrogen and oxygen atoms in total. The molecule has 0 saturated carbocycles. The van der Waals surface area contributed by atoms with Crippen LogP contribution in [-0.2, 0) is 6.54 Å². The van der Waals surface area contributed by atoms with E-state index in [0.717, 1.165) is 10.0 Å². The van der Waals surface area contributed by atoms with E-state index < -0.39 is 5.97 Å². The predicted octanol–water partition coefficient (Wildman–Crippen LogP) is 3.24. The molecule has 0 aliphatic heterocycles. The van der Waals surface area contributed by atoms with Crippen molar-refractivity contribution in [2.24, 2.45) is 0 Å². The van der Waals surface area contributed by atoms with Crippen LogP contribution < -0.4 is 4.90 Å². The minimum absolute atomic E-state index is 0.257. The summed E-state index contributed by atoms with van der Waals surface area (Å²) in [6.45, 7) is 0.694. The van der Waals surface area contributed by atoms with Gasteiger partial charge in [0.15, 0.2) is 5.13 Å². The number of halogens is 1. The molecule has 2 rings (SSSR count). The average molecular weight is 327 g/mol. The molecule has 0 saturated heterocycles. The molecule has 1 aromatic carbocycles. The lowest BCUT2D eigenvalue weighted by atomic mass is 10.2. The third-order valence-corrected chi connectivity index (χ3v) is 3.99. The summed E-state index contributed by atoms with van der Waals surface area (Å²) in [6.07, 6.45) is 1.39. The smallest absolute Gasteiger partial charge is 0.347 e. The maximum absolute atomic E-state index is 10.8. The summed E-state index contributed by atoms with van der Waals surface area (Å²) in [5, 5.41) is 9.55. The summed E-state index contributed by atoms with van der Waals surface area (Å²) in [6, 6.07) is 8.00. The van der Waals surface area contributed by atoms with Gasteiger partial charge in [0.25, 0.3) is 0 Å². The Labute approximate surface area is 117 Å². The third-order valence-electron chi connectivity index (χ3n) is 2.36. The number of hydrogen-bond donors (Lipinski definition) is 1. The molecule has 1 aromatic heterocycles. The zero-order valence-electron chi connectivity index (χ0n) is 9.63. The first kappa shape index (κ1) is 13.0. The van der Waals surface area contributed by atoms with E-state index in [0.29, 0.717) is 11.7 Å². The van der Waals surface area contributed by atoms with Crippen molar-refractivity contribution in [2.75, 3.05) is 11.9 Å². The highest BCUT2D eigenvalue weighted by molar-refractivity contribution is 9.10. The summed E-state index contributed by atoms with van der Waals surface area (Å²) < 4.78 is 1.04. The van der Waals surface area contributed by atoms with E-state index in [-0.39, 0.29) is 4.88 Å². The number of thiazole rings is 1. The van der Waals surface area contributed by atoms with Gasteiger partial charge in [-0.15, -0.1) is 0 Å². The summed E-state index contributed by atoms with van der Waals surface area (Å²) in [5.74, 6) is -0.934. The molecule has 1 N–H and O–H groups in total. The normalized spacial score (nSPS) is 10.3. The molecule has 0 radical (unpaired) electrons. The van der Waals surface area contributed by atoms with Crippen molar-refractivity contribution in [1.29, 1.82) is 0 Å². The van der Waals surface area contributed by atoms with Gasteiger partial charge < -0.3 is 10.0 Å². The van der Waals surface area contributed by atoms with E-state index in [2.05, 4.69) is 20.9 Å². The molecule has 2 aromatic rings.